The van der Waals surface area contributed by atoms with Crippen LogP contribution < -0.4 is 14.8 Å². The fourth-order valence-electron chi connectivity index (χ4n) is 3.32. The SMILES string of the molecule is COc1cc(C(=O)N2CCN(CC(=O)NC3CC3)CC2)ccc1OCCC(C)C. The van der Waals surface area contributed by atoms with E-state index in [9.17, 15) is 9.59 Å². The Bertz CT molecular complexity index is 710. The molecule has 0 spiro atoms. The van der Waals surface area contributed by atoms with Crippen LogP contribution in [0.4, 0.5) is 0 Å². The number of carbonyl (C=O) groups excluding carboxylic acids is 2. The quantitative estimate of drug-likeness (QED) is 0.684. The minimum absolute atomic E-state index is 0.0147. The molecule has 1 aliphatic carbocycles. The maximum absolute atomic E-state index is 12.9. The van der Waals surface area contributed by atoms with E-state index >= 15 is 0 Å². The van der Waals surface area contributed by atoms with Crippen LogP contribution in [0.2, 0.25) is 0 Å². The molecule has 0 unspecified atom stereocenters. The first-order valence-electron chi connectivity index (χ1n) is 10.6. The Morgan fingerprint density at radius 2 is 1.86 bits per heavy atom. The highest BCUT2D eigenvalue weighted by Crippen LogP contribution is 2.29. The summed E-state index contributed by atoms with van der Waals surface area (Å²) < 4.78 is 11.2. The van der Waals surface area contributed by atoms with E-state index < -0.39 is 0 Å². The number of nitrogens with one attached hydrogen (secondary N) is 1. The molecule has 7 nitrogen and oxygen atoms in total. The Morgan fingerprint density at radius 3 is 2.48 bits per heavy atom. The normalized spacial score (nSPS) is 17.3. The molecule has 2 fully saturated rings. The van der Waals surface area contributed by atoms with E-state index in [4.69, 9.17) is 9.47 Å². The highest BCUT2D eigenvalue weighted by molar-refractivity contribution is 5.95. The maximum Gasteiger partial charge on any atom is 0.254 e. The number of piperazine rings is 1. The number of ether oxygens (including phenoxy) is 2. The summed E-state index contributed by atoms with van der Waals surface area (Å²) in [5.41, 5.74) is 0.595. The first-order chi connectivity index (χ1) is 14.0. The molecule has 0 aromatic heterocycles. The minimum atomic E-state index is -0.0147. The van der Waals surface area contributed by atoms with Gasteiger partial charge >= 0.3 is 0 Å². The van der Waals surface area contributed by atoms with Gasteiger partial charge < -0.3 is 19.7 Å². The van der Waals surface area contributed by atoms with Crippen molar-refractivity contribution in [2.75, 3.05) is 46.4 Å². The largest absolute Gasteiger partial charge is 0.493 e. The second-order valence-corrected chi connectivity index (χ2v) is 8.31. The van der Waals surface area contributed by atoms with E-state index in [1.807, 2.05) is 11.0 Å². The molecule has 0 radical (unpaired) electrons. The van der Waals surface area contributed by atoms with Crippen molar-refractivity contribution in [1.29, 1.82) is 0 Å². The van der Waals surface area contributed by atoms with Gasteiger partial charge in [0.05, 0.1) is 20.3 Å². The topological polar surface area (TPSA) is 71.1 Å². The van der Waals surface area contributed by atoms with E-state index in [0.29, 0.717) is 68.4 Å². The molecule has 1 heterocycles. The van der Waals surface area contributed by atoms with Crippen LogP contribution in [-0.4, -0.2) is 74.1 Å². The number of amides is 2. The molecule has 1 aliphatic heterocycles. The third-order valence-corrected chi connectivity index (χ3v) is 5.33. The van der Waals surface area contributed by atoms with Gasteiger partial charge in [0, 0.05) is 37.8 Å². The van der Waals surface area contributed by atoms with Gasteiger partial charge in [-0.05, 0) is 43.4 Å². The van der Waals surface area contributed by atoms with Gasteiger partial charge in [-0.15, -0.1) is 0 Å². The van der Waals surface area contributed by atoms with E-state index in [-0.39, 0.29) is 11.8 Å². The Balaban J connectivity index is 1.51. The summed E-state index contributed by atoms with van der Waals surface area (Å²) >= 11 is 0. The minimum Gasteiger partial charge on any atom is -0.493 e. The number of methoxy groups -OCH3 is 1. The van der Waals surface area contributed by atoms with Crippen LogP contribution in [0.25, 0.3) is 0 Å². The predicted octanol–water partition coefficient (Wildman–Crippen LogP) is 2.16. The molecule has 1 aromatic rings. The van der Waals surface area contributed by atoms with Gasteiger partial charge in [0.25, 0.3) is 5.91 Å². The zero-order valence-electron chi connectivity index (χ0n) is 17.8. The monoisotopic (exact) mass is 403 g/mol. The Labute approximate surface area is 173 Å². The van der Waals surface area contributed by atoms with Crippen LogP contribution in [0.15, 0.2) is 18.2 Å². The summed E-state index contributed by atoms with van der Waals surface area (Å²) in [4.78, 5) is 28.8. The summed E-state index contributed by atoms with van der Waals surface area (Å²) in [7, 11) is 1.59. The first kappa shape index (κ1) is 21.4. The van der Waals surface area contributed by atoms with Gasteiger partial charge in [-0.1, -0.05) is 13.8 Å². The number of rotatable bonds is 9. The van der Waals surface area contributed by atoms with E-state index in [2.05, 4.69) is 24.1 Å². The van der Waals surface area contributed by atoms with Crippen LogP contribution in [-0.2, 0) is 4.79 Å². The number of benzene rings is 1. The Hall–Kier alpha value is -2.28. The molecule has 29 heavy (non-hydrogen) atoms. The van der Waals surface area contributed by atoms with E-state index in [1.165, 1.54) is 0 Å². The van der Waals surface area contributed by atoms with E-state index in [1.54, 1.807) is 19.2 Å². The lowest BCUT2D eigenvalue weighted by Crippen LogP contribution is -2.51. The first-order valence-corrected chi connectivity index (χ1v) is 10.6. The Kier molecular flexibility index (Phi) is 7.36. The van der Waals surface area contributed by atoms with Crippen LogP contribution >= 0.6 is 0 Å². The molecule has 160 valence electrons. The average Bonchev–Trinajstić information content (AvgIpc) is 3.51. The van der Waals surface area contributed by atoms with Gasteiger partial charge in [0.2, 0.25) is 5.91 Å². The standard InChI is InChI=1S/C22H33N3O4/c1-16(2)8-13-29-19-7-4-17(14-20(19)28-3)22(27)25-11-9-24(10-12-25)15-21(26)23-18-5-6-18/h4,7,14,16,18H,5-6,8-13,15H2,1-3H3,(H,23,26). The number of hydrogen-bond donors (Lipinski definition) is 1. The predicted molar refractivity (Wildman–Crippen MR) is 111 cm³/mol. The maximum atomic E-state index is 12.9. The zero-order valence-corrected chi connectivity index (χ0v) is 17.8. The molecule has 1 aromatic carbocycles. The molecule has 2 aliphatic rings. The molecule has 0 bridgehead atoms. The summed E-state index contributed by atoms with van der Waals surface area (Å²) in [6.45, 7) is 7.99. The van der Waals surface area contributed by atoms with Gasteiger partial charge in [-0.25, -0.2) is 0 Å². The van der Waals surface area contributed by atoms with Crippen LogP contribution in [0.3, 0.4) is 0 Å². The molecule has 3 rings (SSSR count). The molecule has 2 amide bonds. The van der Waals surface area contributed by atoms with Crippen molar-refractivity contribution in [3.63, 3.8) is 0 Å². The number of nitrogens with zero attached hydrogens (tertiary/aromatic N) is 2. The van der Waals surface area contributed by atoms with Gasteiger partial charge in [0.15, 0.2) is 11.5 Å². The lowest BCUT2D eigenvalue weighted by atomic mass is 10.1. The lowest BCUT2D eigenvalue weighted by Gasteiger charge is -2.34. The zero-order chi connectivity index (χ0) is 20.8. The highest BCUT2D eigenvalue weighted by atomic mass is 16.5. The summed E-state index contributed by atoms with van der Waals surface area (Å²) in [5.74, 6) is 1.88. The van der Waals surface area contributed by atoms with Crippen molar-refractivity contribution >= 4 is 11.8 Å². The molecule has 0 atom stereocenters. The summed E-state index contributed by atoms with van der Waals surface area (Å²) in [5, 5.41) is 3.01. The van der Waals surface area contributed by atoms with Crippen LogP contribution in [0.5, 0.6) is 11.5 Å². The van der Waals surface area contributed by atoms with Crippen molar-refractivity contribution in [3.8, 4) is 11.5 Å². The van der Waals surface area contributed by atoms with Gasteiger partial charge in [0.1, 0.15) is 0 Å². The molecular formula is C22H33N3O4. The fourth-order valence-corrected chi connectivity index (χ4v) is 3.32. The van der Waals surface area contributed by atoms with Gasteiger partial charge in [-0.3, -0.25) is 14.5 Å². The van der Waals surface area contributed by atoms with Crippen molar-refractivity contribution in [1.82, 2.24) is 15.1 Å². The van der Waals surface area contributed by atoms with Crippen molar-refractivity contribution < 1.29 is 19.1 Å². The molecule has 7 heteroatoms. The Morgan fingerprint density at radius 1 is 1.14 bits per heavy atom. The number of carbonyl (C=O) groups is 2. The van der Waals surface area contributed by atoms with Crippen LogP contribution in [0, 0.1) is 5.92 Å². The molecule has 1 saturated heterocycles. The second-order valence-electron chi connectivity index (χ2n) is 8.31. The third kappa shape index (κ3) is 6.35. The molecule has 1 saturated carbocycles. The molecule has 1 N–H and O–H groups in total. The van der Waals surface area contributed by atoms with E-state index in [0.717, 1.165) is 19.3 Å². The summed E-state index contributed by atoms with van der Waals surface area (Å²) in [6.07, 6.45) is 3.16. The van der Waals surface area contributed by atoms with Crippen LogP contribution in [0.1, 0.15) is 43.5 Å². The molecular weight excluding hydrogens is 370 g/mol. The van der Waals surface area contributed by atoms with Crippen molar-refractivity contribution in [3.05, 3.63) is 23.8 Å². The smallest absolute Gasteiger partial charge is 0.254 e. The number of hydrogen-bond acceptors (Lipinski definition) is 5. The van der Waals surface area contributed by atoms with Crippen molar-refractivity contribution in [2.24, 2.45) is 5.92 Å². The summed E-state index contributed by atoms with van der Waals surface area (Å²) in [6, 6.07) is 5.75. The van der Waals surface area contributed by atoms with Crippen molar-refractivity contribution in [2.45, 2.75) is 39.2 Å². The highest BCUT2D eigenvalue weighted by Gasteiger charge is 2.27. The second kappa shape index (κ2) is 9.96. The lowest BCUT2D eigenvalue weighted by molar-refractivity contribution is -0.122. The van der Waals surface area contributed by atoms with Gasteiger partial charge in [-0.2, -0.15) is 0 Å². The average molecular weight is 404 g/mol. The third-order valence-electron chi connectivity index (χ3n) is 5.33. The fraction of sp³-hybridized carbons (Fsp3) is 0.636.